The second-order valence-corrected chi connectivity index (χ2v) is 9.75. The number of H-pyrrole nitrogens is 1. The van der Waals surface area contributed by atoms with Crippen molar-refractivity contribution < 1.29 is 9.53 Å². The summed E-state index contributed by atoms with van der Waals surface area (Å²) in [7, 11) is 1.62. The molecule has 0 radical (unpaired) electrons. The molecule has 0 saturated heterocycles. The zero-order chi connectivity index (χ0) is 27.9. The van der Waals surface area contributed by atoms with Crippen molar-refractivity contribution in [3.63, 3.8) is 0 Å². The molecule has 39 heavy (non-hydrogen) atoms. The van der Waals surface area contributed by atoms with E-state index in [1.54, 1.807) is 14.0 Å². The van der Waals surface area contributed by atoms with Gasteiger partial charge in [-0.1, -0.05) is 65.9 Å². The molecule has 0 aliphatic carbocycles. The molecular weight excluding hydrogens is 518 g/mol. The van der Waals surface area contributed by atoms with E-state index in [9.17, 15) is 14.4 Å². The van der Waals surface area contributed by atoms with Gasteiger partial charge in [0.15, 0.2) is 16.7 Å². The summed E-state index contributed by atoms with van der Waals surface area (Å²) in [4.78, 5) is 42.4. The zero-order valence-corrected chi connectivity index (χ0v) is 22.9. The topological polar surface area (TPSA) is 141 Å². The Kier molecular flexibility index (Phi) is 8.99. The third kappa shape index (κ3) is 6.29. The maximum atomic E-state index is 13.4. The number of aromatic nitrogens is 5. The van der Waals surface area contributed by atoms with Crippen molar-refractivity contribution in [3.05, 3.63) is 86.6 Å². The lowest BCUT2D eigenvalue weighted by molar-refractivity contribution is -0.116. The molecule has 1 amide bonds. The number of aromatic amines is 1. The van der Waals surface area contributed by atoms with Gasteiger partial charge < -0.3 is 15.4 Å². The molecule has 4 rings (SSSR count). The number of nitrogens with zero attached hydrogens (tertiary/aromatic N) is 5. The van der Waals surface area contributed by atoms with Gasteiger partial charge in [-0.3, -0.25) is 23.7 Å². The molecule has 2 aromatic carbocycles. The van der Waals surface area contributed by atoms with Crippen LogP contribution >= 0.6 is 11.8 Å². The van der Waals surface area contributed by atoms with E-state index in [1.165, 1.54) is 21.2 Å². The zero-order valence-electron chi connectivity index (χ0n) is 22.1. The lowest BCUT2D eigenvalue weighted by atomic mass is 10.1. The van der Waals surface area contributed by atoms with Crippen LogP contribution in [0.5, 0.6) is 0 Å². The van der Waals surface area contributed by atoms with Gasteiger partial charge in [-0.05, 0) is 25.5 Å². The molecule has 0 spiro atoms. The number of carbonyl (C=O) groups is 1. The number of hydrogen-bond donors (Lipinski definition) is 2. The normalized spacial score (nSPS) is 11.1. The van der Waals surface area contributed by atoms with Crippen LogP contribution in [-0.4, -0.2) is 56.2 Å². The highest BCUT2D eigenvalue weighted by atomic mass is 32.2. The number of ether oxygens (including phenoxy) is 1. The average molecular weight is 550 g/mol. The van der Waals surface area contributed by atoms with Crippen molar-refractivity contribution in [1.29, 1.82) is 0 Å². The minimum absolute atomic E-state index is 0.0243. The van der Waals surface area contributed by atoms with Crippen LogP contribution < -0.4 is 21.9 Å². The third-order valence-electron chi connectivity index (χ3n) is 6.12. The van der Waals surface area contributed by atoms with Gasteiger partial charge in [0.25, 0.3) is 5.56 Å². The third-order valence-corrected chi connectivity index (χ3v) is 7.07. The number of benzene rings is 2. The Labute approximate surface area is 229 Å². The maximum absolute atomic E-state index is 13.4. The number of rotatable bonds is 11. The van der Waals surface area contributed by atoms with Crippen molar-refractivity contribution in [2.75, 3.05) is 36.6 Å². The second-order valence-electron chi connectivity index (χ2n) is 8.81. The highest BCUT2D eigenvalue weighted by Gasteiger charge is 2.24. The fourth-order valence-corrected chi connectivity index (χ4v) is 5.04. The Morgan fingerprint density at radius 1 is 1.10 bits per heavy atom. The molecular formula is C27H31N7O4S. The van der Waals surface area contributed by atoms with E-state index in [0.29, 0.717) is 24.1 Å². The number of nitrogens with two attached hydrogens (primary N) is 1. The summed E-state index contributed by atoms with van der Waals surface area (Å²) >= 11 is 1.21. The van der Waals surface area contributed by atoms with Crippen LogP contribution in [0.15, 0.2) is 69.3 Å². The SMILES string of the molecule is CCN(C(=O)CSc1nnc(-c2cccc(C)c2)n1CCOC)c1c(N)n(Cc2ccccc2)c(=O)[nH]c1=O. The lowest BCUT2D eigenvalue weighted by Gasteiger charge is -2.23. The molecule has 4 aromatic rings. The van der Waals surface area contributed by atoms with E-state index in [2.05, 4.69) is 15.2 Å². The van der Waals surface area contributed by atoms with Crippen molar-refractivity contribution in [1.82, 2.24) is 24.3 Å². The van der Waals surface area contributed by atoms with E-state index in [4.69, 9.17) is 10.5 Å². The van der Waals surface area contributed by atoms with Gasteiger partial charge in [0.1, 0.15) is 5.82 Å². The van der Waals surface area contributed by atoms with Crippen LogP contribution in [-0.2, 0) is 22.6 Å². The summed E-state index contributed by atoms with van der Waals surface area (Å²) < 4.78 is 8.44. The predicted octanol–water partition coefficient (Wildman–Crippen LogP) is 2.53. The number of nitrogens with one attached hydrogen (secondary N) is 1. The summed E-state index contributed by atoms with van der Waals surface area (Å²) in [6, 6.07) is 17.2. The summed E-state index contributed by atoms with van der Waals surface area (Å²) in [6.45, 7) is 5.02. The average Bonchev–Trinajstić information content (AvgIpc) is 3.34. The minimum atomic E-state index is -0.716. The number of carbonyl (C=O) groups excluding carboxylic acids is 1. The van der Waals surface area contributed by atoms with Gasteiger partial charge >= 0.3 is 5.69 Å². The summed E-state index contributed by atoms with van der Waals surface area (Å²) in [5.74, 6) is 0.219. The van der Waals surface area contributed by atoms with Gasteiger partial charge in [0, 0.05) is 19.2 Å². The number of hydrogen-bond acceptors (Lipinski definition) is 8. The van der Waals surface area contributed by atoms with Crippen LogP contribution in [0.4, 0.5) is 11.5 Å². The van der Waals surface area contributed by atoms with Crippen molar-refractivity contribution in [2.45, 2.75) is 32.1 Å². The Hall–Kier alpha value is -4.16. The van der Waals surface area contributed by atoms with Crippen molar-refractivity contribution in [3.8, 4) is 11.4 Å². The number of anilines is 2. The standard InChI is InChI=1S/C27H31N7O4S/c1-4-32(22-23(28)34(26(37)29-25(22)36)16-19-10-6-5-7-11-19)21(35)17-39-27-31-30-24(33(27)13-14-38-3)20-12-8-9-18(2)15-20/h5-12,15H,4,13-14,16-17,28H2,1-3H3,(H,29,36,37). The number of nitrogen functional groups attached to an aromatic ring is 1. The number of thioether (sulfide) groups is 1. The lowest BCUT2D eigenvalue weighted by Crippen LogP contribution is -2.41. The Morgan fingerprint density at radius 2 is 1.87 bits per heavy atom. The molecule has 0 atom stereocenters. The second kappa shape index (κ2) is 12.6. The fourth-order valence-electron chi connectivity index (χ4n) is 4.20. The quantitative estimate of drug-likeness (QED) is 0.272. The number of aryl methyl sites for hydroxylation is 1. The molecule has 2 aromatic heterocycles. The summed E-state index contributed by atoms with van der Waals surface area (Å²) in [6.07, 6.45) is 0. The van der Waals surface area contributed by atoms with Gasteiger partial charge in [0.2, 0.25) is 5.91 Å². The van der Waals surface area contributed by atoms with Crippen LogP contribution in [0, 0.1) is 6.92 Å². The molecule has 2 heterocycles. The van der Waals surface area contributed by atoms with E-state index >= 15 is 0 Å². The first-order valence-corrected chi connectivity index (χ1v) is 13.4. The fraction of sp³-hybridized carbons (Fsp3) is 0.296. The van der Waals surface area contributed by atoms with Crippen LogP contribution in [0.3, 0.4) is 0 Å². The molecule has 0 aliphatic heterocycles. The Balaban J connectivity index is 1.60. The monoisotopic (exact) mass is 549 g/mol. The predicted molar refractivity (Wildman–Crippen MR) is 152 cm³/mol. The van der Waals surface area contributed by atoms with E-state index in [0.717, 1.165) is 16.7 Å². The first-order valence-electron chi connectivity index (χ1n) is 12.4. The highest BCUT2D eigenvalue weighted by Crippen LogP contribution is 2.26. The van der Waals surface area contributed by atoms with Crippen LogP contribution in [0.2, 0.25) is 0 Å². The highest BCUT2D eigenvalue weighted by molar-refractivity contribution is 7.99. The molecule has 0 unspecified atom stereocenters. The molecule has 11 nitrogen and oxygen atoms in total. The van der Waals surface area contributed by atoms with Gasteiger partial charge in [-0.2, -0.15) is 0 Å². The van der Waals surface area contributed by atoms with Crippen molar-refractivity contribution >= 4 is 29.2 Å². The van der Waals surface area contributed by atoms with Crippen LogP contribution in [0.1, 0.15) is 18.1 Å². The Bertz CT molecular complexity index is 1560. The number of methoxy groups -OCH3 is 1. The molecule has 0 aliphatic rings. The summed E-state index contributed by atoms with van der Waals surface area (Å²) in [5, 5.41) is 9.24. The Morgan fingerprint density at radius 3 is 2.56 bits per heavy atom. The summed E-state index contributed by atoms with van der Waals surface area (Å²) in [5.41, 5.74) is 7.73. The first-order chi connectivity index (χ1) is 18.8. The smallest absolute Gasteiger partial charge is 0.330 e. The molecule has 0 fully saturated rings. The van der Waals surface area contributed by atoms with E-state index < -0.39 is 11.2 Å². The minimum Gasteiger partial charge on any atom is -0.383 e. The molecule has 12 heteroatoms. The van der Waals surface area contributed by atoms with Gasteiger partial charge in [0.05, 0.1) is 25.4 Å². The van der Waals surface area contributed by atoms with Gasteiger partial charge in [-0.15, -0.1) is 10.2 Å². The van der Waals surface area contributed by atoms with Crippen LogP contribution in [0.25, 0.3) is 11.4 Å². The molecule has 0 saturated carbocycles. The van der Waals surface area contributed by atoms with Crippen molar-refractivity contribution in [2.24, 2.45) is 0 Å². The molecule has 3 N–H and O–H groups in total. The number of amides is 1. The first kappa shape index (κ1) is 27.9. The van der Waals surface area contributed by atoms with E-state index in [1.807, 2.05) is 66.1 Å². The molecule has 0 bridgehead atoms. The van der Waals surface area contributed by atoms with E-state index in [-0.39, 0.29) is 36.3 Å². The maximum Gasteiger partial charge on any atom is 0.330 e. The van der Waals surface area contributed by atoms with Gasteiger partial charge in [-0.25, -0.2) is 4.79 Å². The molecule has 204 valence electrons. The largest absolute Gasteiger partial charge is 0.383 e.